The molecule has 10 heteroatoms. The number of pyridine rings is 1. The molecule has 1 aliphatic heterocycles. The van der Waals surface area contributed by atoms with Crippen molar-refractivity contribution in [3.05, 3.63) is 41.1 Å². The van der Waals surface area contributed by atoms with E-state index in [0.717, 1.165) is 18.9 Å². The van der Waals surface area contributed by atoms with Crippen molar-refractivity contribution in [3.8, 4) is 0 Å². The molecule has 0 amide bonds. The predicted molar refractivity (Wildman–Crippen MR) is 89.6 cm³/mol. The SMILES string of the molecule is Cl.O[C@H](c1cc(C(F)(F)F)nc2c(C(F)(F)F)cccc12)[C@@H]1CCCCN1. The third-order valence-electron chi connectivity index (χ3n) is 4.52. The minimum atomic E-state index is -4.93. The lowest BCUT2D eigenvalue weighted by Gasteiger charge is -2.29. The lowest BCUT2D eigenvalue weighted by molar-refractivity contribution is -0.142. The van der Waals surface area contributed by atoms with Gasteiger partial charge in [-0.05, 0) is 37.1 Å². The van der Waals surface area contributed by atoms with Crippen LogP contribution >= 0.6 is 12.4 Å². The molecule has 2 atom stereocenters. The van der Waals surface area contributed by atoms with E-state index in [4.69, 9.17) is 0 Å². The molecule has 3 rings (SSSR count). The maximum atomic E-state index is 13.2. The number of aliphatic hydroxyl groups excluding tert-OH is 1. The number of benzene rings is 1. The van der Waals surface area contributed by atoms with Gasteiger partial charge in [-0.3, -0.25) is 0 Å². The van der Waals surface area contributed by atoms with Gasteiger partial charge in [0.25, 0.3) is 0 Å². The van der Waals surface area contributed by atoms with Crippen molar-refractivity contribution in [2.24, 2.45) is 0 Å². The summed E-state index contributed by atoms with van der Waals surface area (Å²) >= 11 is 0. The van der Waals surface area contributed by atoms with Gasteiger partial charge in [0.15, 0.2) is 0 Å². The van der Waals surface area contributed by atoms with E-state index in [1.165, 1.54) is 6.07 Å². The molecule has 2 heterocycles. The number of hydrogen-bond donors (Lipinski definition) is 2. The third kappa shape index (κ3) is 4.47. The summed E-state index contributed by atoms with van der Waals surface area (Å²) in [4.78, 5) is 3.22. The van der Waals surface area contributed by atoms with Crippen LogP contribution in [0.25, 0.3) is 10.9 Å². The van der Waals surface area contributed by atoms with Crippen LogP contribution in [0.3, 0.4) is 0 Å². The second-order valence-corrected chi connectivity index (χ2v) is 6.30. The van der Waals surface area contributed by atoms with Crippen molar-refractivity contribution >= 4 is 23.3 Å². The number of hydrogen-bond acceptors (Lipinski definition) is 3. The van der Waals surface area contributed by atoms with E-state index < -0.39 is 41.3 Å². The molecule has 3 nitrogen and oxygen atoms in total. The zero-order valence-electron chi connectivity index (χ0n) is 13.9. The standard InChI is InChI=1S/C17H16F6N2O.ClH/c18-16(19,20)11-5-3-4-9-10(15(26)12-6-1-2-7-24-12)8-13(17(21,22)23)25-14(9)11;/h3-5,8,12,15,24,26H,1-2,6-7H2;1H/t12-,15+;/m0./s1. The fraction of sp³-hybridized carbons (Fsp3) is 0.471. The summed E-state index contributed by atoms with van der Waals surface area (Å²) in [5.41, 5.74) is -3.72. The van der Waals surface area contributed by atoms with Crippen molar-refractivity contribution < 1.29 is 31.4 Å². The Morgan fingerprint density at radius 3 is 2.33 bits per heavy atom. The number of alkyl halides is 6. The highest BCUT2D eigenvalue weighted by Crippen LogP contribution is 2.39. The second-order valence-electron chi connectivity index (χ2n) is 6.30. The molecule has 150 valence electrons. The van der Waals surface area contributed by atoms with Gasteiger partial charge >= 0.3 is 12.4 Å². The molecule has 0 unspecified atom stereocenters. The number of rotatable bonds is 2. The van der Waals surface area contributed by atoms with E-state index in [-0.39, 0.29) is 23.4 Å². The fourth-order valence-electron chi connectivity index (χ4n) is 3.26. The van der Waals surface area contributed by atoms with Gasteiger partial charge in [0.05, 0.1) is 17.2 Å². The Bertz CT molecular complexity index is 802. The highest BCUT2D eigenvalue weighted by Gasteiger charge is 2.38. The number of aromatic nitrogens is 1. The maximum Gasteiger partial charge on any atom is 0.433 e. The van der Waals surface area contributed by atoms with Crippen LogP contribution in [0.1, 0.15) is 42.2 Å². The Labute approximate surface area is 157 Å². The van der Waals surface area contributed by atoms with E-state index >= 15 is 0 Å². The van der Waals surface area contributed by atoms with Crippen molar-refractivity contribution in [3.63, 3.8) is 0 Å². The van der Waals surface area contributed by atoms with Gasteiger partial charge in [-0.1, -0.05) is 18.6 Å². The first-order valence-electron chi connectivity index (χ1n) is 8.08. The van der Waals surface area contributed by atoms with Crippen LogP contribution in [0.4, 0.5) is 26.3 Å². The first-order valence-corrected chi connectivity index (χ1v) is 8.08. The van der Waals surface area contributed by atoms with Crippen molar-refractivity contribution in [1.82, 2.24) is 10.3 Å². The average Bonchev–Trinajstić information content (AvgIpc) is 2.58. The van der Waals surface area contributed by atoms with Gasteiger partial charge in [0.2, 0.25) is 0 Å². The van der Waals surface area contributed by atoms with Gasteiger partial charge in [-0.2, -0.15) is 26.3 Å². The molecule has 27 heavy (non-hydrogen) atoms. The molecule has 2 N–H and O–H groups in total. The lowest BCUT2D eigenvalue weighted by Crippen LogP contribution is -2.39. The minimum absolute atomic E-state index is 0. The molecule has 1 saturated heterocycles. The summed E-state index contributed by atoms with van der Waals surface area (Å²) < 4.78 is 79.3. The van der Waals surface area contributed by atoms with Gasteiger partial charge in [0, 0.05) is 11.4 Å². The van der Waals surface area contributed by atoms with E-state index in [2.05, 4.69) is 10.3 Å². The highest BCUT2D eigenvalue weighted by molar-refractivity contribution is 5.86. The van der Waals surface area contributed by atoms with Crippen molar-refractivity contribution in [2.75, 3.05) is 6.54 Å². The zero-order valence-corrected chi connectivity index (χ0v) is 14.7. The van der Waals surface area contributed by atoms with Crippen LogP contribution in [0.5, 0.6) is 0 Å². The molecule has 2 aromatic rings. The number of halogens is 7. The van der Waals surface area contributed by atoms with E-state index in [1.54, 1.807) is 0 Å². The number of nitrogens with zero attached hydrogens (tertiary/aromatic N) is 1. The third-order valence-corrected chi connectivity index (χ3v) is 4.52. The smallest absolute Gasteiger partial charge is 0.387 e. The second kappa shape index (κ2) is 7.81. The maximum absolute atomic E-state index is 13.2. The molecule has 0 spiro atoms. The predicted octanol–water partition coefficient (Wildman–Crippen LogP) is 4.87. The quantitative estimate of drug-likeness (QED) is 0.689. The van der Waals surface area contributed by atoms with Gasteiger partial charge in [-0.25, -0.2) is 4.98 Å². The number of piperidine rings is 1. The first-order chi connectivity index (χ1) is 12.1. The van der Waals surface area contributed by atoms with Gasteiger partial charge < -0.3 is 10.4 Å². The van der Waals surface area contributed by atoms with E-state index in [9.17, 15) is 31.4 Å². The Balaban J connectivity index is 0.00000261. The van der Waals surface area contributed by atoms with Crippen LogP contribution in [-0.2, 0) is 12.4 Å². The van der Waals surface area contributed by atoms with E-state index in [1.807, 2.05) is 0 Å². The molecule has 0 saturated carbocycles. The van der Waals surface area contributed by atoms with Crippen molar-refractivity contribution in [1.29, 1.82) is 0 Å². The Morgan fingerprint density at radius 2 is 1.78 bits per heavy atom. The largest absolute Gasteiger partial charge is 0.433 e. The average molecular weight is 415 g/mol. The highest BCUT2D eigenvalue weighted by atomic mass is 35.5. The van der Waals surface area contributed by atoms with E-state index in [0.29, 0.717) is 25.1 Å². The minimum Gasteiger partial charge on any atom is -0.387 e. The van der Waals surface area contributed by atoms with Crippen LogP contribution in [0, 0.1) is 0 Å². The van der Waals surface area contributed by atoms with Crippen molar-refractivity contribution in [2.45, 2.75) is 43.8 Å². The summed E-state index contributed by atoms with van der Waals surface area (Å²) in [5, 5.41) is 13.5. The number of nitrogens with one attached hydrogen (secondary N) is 1. The fourth-order valence-corrected chi connectivity index (χ4v) is 3.26. The molecule has 0 aliphatic carbocycles. The molecular formula is C17H17ClF6N2O. The molecule has 0 radical (unpaired) electrons. The topological polar surface area (TPSA) is 45.2 Å². The molecule has 1 aromatic carbocycles. The summed E-state index contributed by atoms with van der Waals surface area (Å²) in [7, 11) is 0. The molecule has 1 fully saturated rings. The van der Waals surface area contributed by atoms with Gasteiger partial charge in [0.1, 0.15) is 5.69 Å². The van der Waals surface area contributed by atoms with Gasteiger partial charge in [-0.15, -0.1) is 12.4 Å². The number of aliphatic hydroxyl groups is 1. The lowest BCUT2D eigenvalue weighted by atomic mass is 9.91. The molecular weight excluding hydrogens is 398 g/mol. The molecule has 0 bridgehead atoms. The first kappa shape index (κ1) is 21.7. The summed E-state index contributed by atoms with van der Waals surface area (Å²) in [6, 6.07) is 3.16. The number of para-hydroxylation sites is 1. The van der Waals surface area contributed by atoms with Crippen LogP contribution < -0.4 is 5.32 Å². The monoisotopic (exact) mass is 414 g/mol. The molecule has 1 aliphatic rings. The Morgan fingerprint density at radius 1 is 1.07 bits per heavy atom. The summed E-state index contributed by atoms with van der Waals surface area (Å²) in [5.74, 6) is 0. The Kier molecular flexibility index (Phi) is 6.28. The normalized spacial score (nSPS) is 19.6. The zero-order chi connectivity index (χ0) is 19.1. The van der Waals surface area contributed by atoms with Crippen LogP contribution in [-0.4, -0.2) is 22.7 Å². The Hall–Kier alpha value is -1.58. The number of fused-ring (bicyclic) bond motifs is 1. The van der Waals surface area contributed by atoms with Crippen LogP contribution in [0.15, 0.2) is 24.3 Å². The van der Waals surface area contributed by atoms with Crippen LogP contribution in [0.2, 0.25) is 0 Å². The molecule has 1 aromatic heterocycles. The summed E-state index contributed by atoms with van der Waals surface area (Å²) in [6.45, 7) is 0.588. The summed E-state index contributed by atoms with van der Waals surface area (Å²) in [6.07, 6.45) is -9.00.